The molecular formula is C26H21F3N2O. The highest BCUT2D eigenvalue weighted by atomic mass is 19.1. The van der Waals surface area contributed by atoms with Crippen LogP contribution in [0.1, 0.15) is 23.7 Å². The molecule has 0 saturated carbocycles. The van der Waals surface area contributed by atoms with Gasteiger partial charge >= 0.3 is 0 Å². The van der Waals surface area contributed by atoms with Gasteiger partial charge in [0.05, 0.1) is 11.4 Å². The second-order valence-electron chi connectivity index (χ2n) is 7.39. The molecule has 6 heteroatoms. The summed E-state index contributed by atoms with van der Waals surface area (Å²) < 4.78 is 42.7. The van der Waals surface area contributed by atoms with Gasteiger partial charge in [0.2, 0.25) is 0 Å². The van der Waals surface area contributed by atoms with Crippen molar-refractivity contribution in [3.63, 3.8) is 0 Å². The largest absolute Gasteiger partial charge is 0.391 e. The fraction of sp³-hybridized carbons (Fsp3) is 0.115. The third-order valence-electron chi connectivity index (χ3n) is 5.24. The fourth-order valence-corrected chi connectivity index (χ4v) is 3.59. The molecule has 1 aromatic heterocycles. The normalized spacial score (nSPS) is 11.6. The van der Waals surface area contributed by atoms with Crippen molar-refractivity contribution in [2.24, 2.45) is 5.16 Å². The van der Waals surface area contributed by atoms with E-state index >= 15 is 0 Å². The summed E-state index contributed by atoms with van der Waals surface area (Å²) in [6.07, 6.45) is 0. The Bertz CT molecular complexity index is 1260. The number of hydrogen-bond acceptors (Lipinski definition) is 2. The third-order valence-corrected chi connectivity index (χ3v) is 5.24. The second-order valence-corrected chi connectivity index (χ2v) is 7.39. The highest BCUT2D eigenvalue weighted by molar-refractivity contribution is 6.01. The molecule has 32 heavy (non-hydrogen) atoms. The van der Waals surface area contributed by atoms with E-state index in [9.17, 15) is 13.2 Å². The van der Waals surface area contributed by atoms with Crippen LogP contribution in [-0.4, -0.2) is 10.3 Å². The van der Waals surface area contributed by atoms with Crippen molar-refractivity contribution in [2.75, 3.05) is 0 Å². The highest BCUT2D eigenvalue weighted by Crippen LogP contribution is 2.30. The van der Waals surface area contributed by atoms with Crippen molar-refractivity contribution < 1.29 is 18.0 Å². The monoisotopic (exact) mass is 434 g/mol. The van der Waals surface area contributed by atoms with Crippen LogP contribution in [0.5, 0.6) is 0 Å². The zero-order chi connectivity index (χ0) is 22.7. The quantitative estimate of drug-likeness (QED) is 0.242. The van der Waals surface area contributed by atoms with Crippen molar-refractivity contribution in [3.05, 3.63) is 113 Å². The van der Waals surface area contributed by atoms with Crippen molar-refractivity contribution >= 4 is 5.71 Å². The van der Waals surface area contributed by atoms with E-state index in [4.69, 9.17) is 4.84 Å². The lowest BCUT2D eigenvalue weighted by molar-refractivity contribution is 0.128. The van der Waals surface area contributed by atoms with E-state index in [0.717, 1.165) is 28.2 Å². The summed E-state index contributed by atoms with van der Waals surface area (Å²) in [5.41, 5.74) is 5.03. The van der Waals surface area contributed by atoms with Crippen molar-refractivity contribution in [3.8, 4) is 16.9 Å². The Morgan fingerprint density at radius 1 is 0.875 bits per heavy atom. The zero-order valence-electron chi connectivity index (χ0n) is 17.6. The topological polar surface area (TPSA) is 26.5 Å². The molecule has 162 valence electrons. The van der Waals surface area contributed by atoms with Gasteiger partial charge in [0.15, 0.2) is 0 Å². The second kappa shape index (κ2) is 9.14. The number of nitrogens with zero attached hydrogens (tertiary/aromatic N) is 2. The molecule has 0 atom stereocenters. The minimum atomic E-state index is -0.349. The van der Waals surface area contributed by atoms with Crippen LogP contribution in [0.2, 0.25) is 0 Å². The number of rotatable bonds is 6. The van der Waals surface area contributed by atoms with Gasteiger partial charge in [-0.3, -0.25) is 0 Å². The molecule has 3 nitrogen and oxygen atoms in total. The van der Waals surface area contributed by atoms with E-state index in [-0.39, 0.29) is 24.1 Å². The van der Waals surface area contributed by atoms with Gasteiger partial charge in [-0.1, -0.05) is 23.4 Å². The summed E-state index contributed by atoms with van der Waals surface area (Å²) in [7, 11) is 0. The molecule has 0 saturated heterocycles. The highest BCUT2D eigenvalue weighted by Gasteiger charge is 2.17. The smallest absolute Gasteiger partial charge is 0.145 e. The van der Waals surface area contributed by atoms with Crippen LogP contribution >= 0.6 is 0 Å². The van der Waals surface area contributed by atoms with Crippen LogP contribution in [0.15, 0.2) is 84.0 Å². The molecule has 4 aromatic rings. The van der Waals surface area contributed by atoms with E-state index in [0.29, 0.717) is 11.3 Å². The van der Waals surface area contributed by atoms with Crippen LogP contribution in [0, 0.1) is 24.4 Å². The van der Waals surface area contributed by atoms with Gasteiger partial charge in [0, 0.05) is 22.5 Å². The molecule has 0 unspecified atom stereocenters. The molecule has 0 N–H and O–H groups in total. The predicted molar refractivity (Wildman–Crippen MR) is 119 cm³/mol. The van der Waals surface area contributed by atoms with Crippen molar-refractivity contribution in [1.29, 1.82) is 0 Å². The number of halogens is 3. The van der Waals surface area contributed by atoms with Gasteiger partial charge in [-0.25, -0.2) is 13.2 Å². The summed E-state index contributed by atoms with van der Waals surface area (Å²) in [5, 5.41) is 4.18. The fourth-order valence-electron chi connectivity index (χ4n) is 3.59. The standard InChI is InChI=1S/C26H21F3N2O/c1-17(30-32-16-20-5-3-4-6-25(20)29)24-15-26(19-7-9-21(27)10-8-19)31(18(24)2)23-13-11-22(28)12-14-23/h3-15H,16H2,1-2H3. The molecule has 0 aliphatic rings. The van der Waals surface area contributed by atoms with Gasteiger partial charge in [0.25, 0.3) is 0 Å². The molecule has 0 aliphatic carbocycles. The summed E-state index contributed by atoms with van der Waals surface area (Å²) in [6, 6.07) is 20.6. The molecule has 0 amide bonds. The first-order valence-corrected chi connectivity index (χ1v) is 10.1. The Balaban J connectivity index is 1.72. The third kappa shape index (κ3) is 4.44. The first-order valence-electron chi connectivity index (χ1n) is 10.1. The van der Waals surface area contributed by atoms with E-state index in [1.165, 1.54) is 30.3 Å². The first-order chi connectivity index (χ1) is 15.4. The maximum Gasteiger partial charge on any atom is 0.145 e. The van der Waals surface area contributed by atoms with Gasteiger partial charge in [-0.05, 0) is 80.1 Å². The predicted octanol–water partition coefficient (Wildman–Crippen LogP) is 6.81. The molecule has 1 heterocycles. The van der Waals surface area contributed by atoms with E-state index in [1.54, 1.807) is 49.4 Å². The number of oxime groups is 1. The van der Waals surface area contributed by atoms with Gasteiger partial charge in [-0.15, -0.1) is 0 Å². The van der Waals surface area contributed by atoms with Crippen LogP contribution in [0.25, 0.3) is 16.9 Å². The lowest BCUT2D eigenvalue weighted by Crippen LogP contribution is -2.03. The van der Waals surface area contributed by atoms with Crippen molar-refractivity contribution in [2.45, 2.75) is 20.5 Å². The molecule has 4 rings (SSSR count). The molecule has 0 aliphatic heterocycles. The molecule has 0 bridgehead atoms. The number of aromatic nitrogens is 1. The average Bonchev–Trinajstić information content (AvgIpc) is 3.13. The van der Waals surface area contributed by atoms with Crippen LogP contribution < -0.4 is 0 Å². The van der Waals surface area contributed by atoms with Crippen molar-refractivity contribution in [1.82, 2.24) is 4.57 Å². The first kappa shape index (κ1) is 21.4. The van der Waals surface area contributed by atoms with Gasteiger partial charge in [-0.2, -0.15) is 0 Å². The lowest BCUT2D eigenvalue weighted by atomic mass is 10.1. The van der Waals surface area contributed by atoms with Gasteiger partial charge in [0.1, 0.15) is 24.1 Å². The van der Waals surface area contributed by atoms with Crippen LogP contribution in [0.4, 0.5) is 13.2 Å². The summed E-state index contributed by atoms with van der Waals surface area (Å²) in [5.74, 6) is -1.01. The summed E-state index contributed by atoms with van der Waals surface area (Å²) in [4.78, 5) is 5.40. The Kier molecular flexibility index (Phi) is 6.12. The Morgan fingerprint density at radius 2 is 1.50 bits per heavy atom. The number of benzene rings is 3. The Labute approximate surface area is 184 Å². The van der Waals surface area contributed by atoms with E-state index in [2.05, 4.69) is 5.16 Å². The molecule has 3 aromatic carbocycles. The Morgan fingerprint density at radius 3 is 2.16 bits per heavy atom. The van der Waals surface area contributed by atoms with Crippen LogP contribution in [0.3, 0.4) is 0 Å². The molecule has 0 radical (unpaired) electrons. The maximum absolute atomic E-state index is 13.8. The molecule has 0 spiro atoms. The van der Waals surface area contributed by atoms with Gasteiger partial charge < -0.3 is 9.40 Å². The average molecular weight is 434 g/mol. The molecule has 0 fully saturated rings. The SMILES string of the molecule is CC(=NOCc1ccccc1F)c1cc(-c2ccc(F)cc2)n(-c2ccc(F)cc2)c1C. The Hall–Kier alpha value is -3.80. The minimum Gasteiger partial charge on any atom is -0.391 e. The zero-order valence-corrected chi connectivity index (χ0v) is 17.6. The maximum atomic E-state index is 13.8. The van der Waals surface area contributed by atoms with E-state index < -0.39 is 0 Å². The summed E-state index contributed by atoms with van der Waals surface area (Å²) >= 11 is 0. The molecular weight excluding hydrogens is 413 g/mol. The van der Waals surface area contributed by atoms with Crippen LogP contribution in [-0.2, 0) is 11.4 Å². The number of hydrogen-bond donors (Lipinski definition) is 0. The minimum absolute atomic E-state index is 0.00650. The van der Waals surface area contributed by atoms with E-state index in [1.807, 2.05) is 17.6 Å². The summed E-state index contributed by atoms with van der Waals surface area (Å²) in [6.45, 7) is 3.72. The lowest BCUT2D eigenvalue weighted by Gasteiger charge is -2.12.